The highest BCUT2D eigenvalue weighted by Crippen LogP contribution is 2.32. The Hall–Kier alpha value is -2.29. The number of benzene rings is 2. The van der Waals surface area contributed by atoms with E-state index in [0.717, 1.165) is 11.6 Å². The summed E-state index contributed by atoms with van der Waals surface area (Å²) in [6.45, 7) is 1.74. The maximum Gasteiger partial charge on any atom is 0.573 e. The fourth-order valence-corrected chi connectivity index (χ4v) is 2.78. The molecule has 0 unspecified atom stereocenters. The molecule has 23 heavy (non-hydrogen) atoms. The summed E-state index contributed by atoms with van der Waals surface area (Å²) in [4.78, 5) is -0.176. The molecule has 0 aliphatic rings. The van der Waals surface area contributed by atoms with Gasteiger partial charge in [0, 0.05) is 6.07 Å². The summed E-state index contributed by atoms with van der Waals surface area (Å²) in [6.07, 6.45) is -5.04. The number of halogens is 4. The first-order valence-electron chi connectivity index (χ1n) is 6.22. The van der Waals surface area contributed by atoms with Gasteiger partial charge in [0.25, 0.3) is 10.0 Å². The summed E-state index contributed by atoms with van der Waals surface area (Å²) < 4.78 is 80.2. The van der Waals surface area contributed by atoms with Crippen LogP contribution in [-0.2, 0) is 10.0 Å². The third kappa shape index (κ3) is 4.59. The Kier molecular flexibility index (Phi) is 4.51. The van der Waals surface area contributed by atoms with Gasteiger partial charge in [0.05, 0.1) is 10.6 Å². The van der Waals surface area contributed by atoms with Gasteiger partial charge in [0.1, 0.15) is 5.82 Å². The quantitative estimate of drug-likeness (QED) is 0.854. The normalized spacial score (nSPS) is 12.0. The predicted octanol–water partition coefficient (Wildman–Crippen LogP) is 3.83. The van der Waals surface area contributed by atoms with Crippen LogP contribution in [0.4, 0.5) is 23.2 Å². The highest BCUT2D eigenvalue weighted by molar-refractivity contribution is 7.92. The summed E-state index contributed by atoms with van der Waals surface area (Å²) in [5.74, 6) is -1.77. The molecule has 0 aromatic heterocycles. The van der Waals surface area contributed by atoms with Crippen molar-refractivity contribution in [2.24, 2.45) is 0 Å². The largest absolute Gasteiger partial charge is 0.573 e. The van der Waals surface area contributed by atoms with Gasteiger partial charge in [-0.2, -0.15) is 0 Å². The average molecular weight is 349 g/mol. The van der Waals surface area contributed by atoms with Crippen LogP contribution >= 0.6 is 0 Å². The second-order valence-electron chi connectivity index (χ2n) is 4.61. The number of rotatable bonds is 4. The van der Waals surface area contributed by atoms with E-state index in [1.807, 2.05) is 4.72 Å². The standard InChI is InChI=1S/C14H11F4NO3S/c1-9-2-5-11(6-3-9)23(20,21)19-12-8-10(15)4-7-13(12)22-14(16,17)18/h2-8,19H,1H3. The molecule has 0 fully saturated rings. The summed E-state index contributed by atoms with van der Waals surface area (Å²) in [5, 5.41) is 0. The monoisotopic (exact) mass is 349 g/mol. The predicted molar refractivity (Wildman–Crippen MR) is 75.1 cm³/mol. The highest BCUT2D eigenvalue weighted by atomic mass is 32.2. The minimum atomic E-state index is -5.04. The third-order valence-corrected chi connectivity index (χ3v) is 4.12. The molecule has 4 nitrogen and oxygen atoms in total. The Balaban J connectivity index is 2.38. The van der Waals surface area contributed by atoms with Crippen LogP contribution < -0.4 is 9.46 Å². The second-order valence-corrected chi connectivity index (χ2v) is 6.29. The minimum Gasteiger partial charge on any atom is -0.404 e. The summed E-state index contributed by atoms with van der Waals surface area (Å²) >= 11 is 0. The molecular weight excluding hydrogens is 338 g/mol. The van der Waals surface area contributed by atoms with Crippen LogP contribution in [0.25, 0.3) is 0 Å². The molecule has 2 aromatic rings. The maximum absolute atomic E-state index is 13.2. The number of ether oxygens (including phenoxy) is 1. The molecule has 0 aliphatic heterocycles. The fourth-order valence-electron chi connectivity index (χ4n) is 1.72. The van der Waals surface area contributed by atoms with Crippen molar-refractivity contribution in [1.82, 2.24) is 0 Å². The van der Waals surface area contributed by atoms with Gasteiger partial charge >= 0.3 is 6.36 Å². The Morgan fingerprint density at radius 1 is 1.04 bits per heavy atom. The molecule has 2 aromatic carbocycles. The summed E-state index contributed by atoms with van der Waals surface area (Å²) in [5.41, 5.74) is 0.152. The molecular formula is C14H11F4NO3S. The molecule has 0 bridgehead atoms. The van der Waals surface area contributed by atoms with Gasteiger partial charge in [0.15, 0.2) is 5.75 Å². The number of sulfonamides is 1. The van der Waals surface area contributed by atoms with Crippen LogP contribution in [0.2, 0.25) is 0 Å². The van der Waals surface area contributed by atoms with Gasteiger partial charge in [-0.25, -0.2) is 12.8 Å². The topological polar surface area (TPSA) is 55.4 Å². The van der Waals surface area contributed by atoms with E-state index in [1.165, 1.54) is 24.3 Å². The van der Waals surface area contributed by atoms with E-state index in [2.05, 4.69) is 4.74 Å². The number of anilines is 1. The van der Waals surface area contributed by atoms with E-state index in [4.69, 9.17) is 0 Å². The smallest absolute Gasteiger partial charge is 0.404 e. The van der Waals surface area contributed by atoms with Crippen molar-refractivity contribution in [2.75, 3.05) is 4.72 Å². The van der Waals surface area contributed by atoms with E-state index < -0.39 is 33.6 Å². The number of nitrogens with one attached hydrogen (secondary N) is 1. The van der Waals surface area contributed by atoms with Crippen molar-refractivity contribution in [3.8, 4) is 5.75 Å². The number of alkyl halides is 3. The lowest BCUT2D eigenvalue weighted by Crippen LogP contribution is -2.20. The van der Waals surface area contributed by atoms with Gasteiger partial charge in [-0.05, 0) is 31.2 Å². The molecule has 0 atom stereocenters. The SMILES string of the molecule is Cc1ccc(S(=O)(=O)Nc2cc(F)ccc2OC(F)(F)F)cc1. The van der Waals surface area contributed by atoms with Gasteiger partial charge < -0.3 is 4.74 Å². The molecule has 0 saturated heterocycles. The van der Waals surface area contributed by atoms with Crippen molar-refractivity contribution in [3.63, 3.8) is 0 Å². The van der Waals surface area contributed by atoms with E-state index in [1.54, 1.807) is 6.92 Å². The molecule has 0 heterocycles. The molecule has 0 radical (unpaired) electrons. The van der Waals surface area contributed by atoms with E-state index in [9.17, 15) is 26.0 Å². The van der Waals surface area contributed by atoms with Crippen LogP contribution in [0.3, 0.4) is 0 Å². The first kappa shape index (κ1) is 17.1. The van der Waals surface area contributed by atoms with E-state index in [-0.39, 0.29) is 4.90 Å². The molecule has 9 heteroatoms. The van der Waals surface area contributed by atoms with Crippen molar-refractivity contribution in [3.05, 3.63) is 53.8 Å². The van der Waals surface area contributed by atoms with Gasteiger partial charge in [-0.1, -0.05) is 17.7 Å². The summed E-state index contributed by atoms with van der Waals surface area (Å²) in [6, 6.07) is 7.62. The Labute approximate surface area is 129 Å². The highest BCUT2D eigenvalue weighted by Gasteiger charge is 2.32. The third-order valence-electron chi connectivity index (χ3n) is 2.74. The zero-order valence-electron chi connectivity index (χ0n) is 11.7. The maximum atomic E-state index is 13.2. The molecule has 124 valence electrons. The lowest BCUT2D eigenvalue weighted by Gasteiger charge is -2.15. The first-order valence-corrected chi connectivity index (χ1v) is 7.70. The zero-order chi connectivity index (χ0) is 17.3. The van der Waals surface area contributed by atoms with Gasteiger partial charge in [-0.3, -0.25) is 4.72 Å². The zero-order valence-corrected chi connectivity index (χ0v) is 12.5. The molecule has 2 rings (SSSR count). The van der Waals surface area contributed by atoms with Crippen LogP contribution in [0.15, 0.2) is 47.4 Å². The number of aryl methyl sites for hydroxylation is 1. The molecule has 0 amide bonds. The van der Waals surface area contributed by atoms with E-state index >= 15 is 0 Å². The van der Waals surface area contributed by atoms with Gasteiger partial charge in [0.2, 0.25) is 0 Å². The Bertz CT molecular complexity index is 802. The minimum absolute atomic E-state index is 0.176. The molecule has 0 aliphatic carbocycles. The number of hydrogen-bond donors (Lipinski definition) is 1. The van der Waals surface area contributed by atoms with Crippen molar-refractivity contribution < 1.29 is 30.7 Å². The lowest BCUT2D eigenvalue weighted by molar-refractivity contribution is -0.274. The van der Waals surface area contributed by atoms with E-state index in [0.29, 0.717) is 12.1 Å². The Morgan fingerprint density at radius 3 is 2.22 bits per heavy atom. The average Bonchev–Trinajstić information content (AvgIpc) is 2.41. The van der Waals surface area contributed by atoms with Crippen LogP contribution in [0, 0.1) is 12.7 Å². The summed E-state index contributed by atoms with van der Waals surface area (Å²) in [7, 11) is -4.19. The molecule has 1 N–H and O–H groups in total. The molecule has 0 spiro atoms. The van der Waals surface area contributed by atoms with Crippen LogP contribution in [-0.4, -0.2) is 14.8 Å². The van der Waals surface area contributed by atoms with Crippen molar-refractivity contribution in [1.29, 1.82) is 0 Å². The van der Waals surface area contributed by atoms with Crippen molar-refractivity contribution in [2.45, 2.75) is 18.2 Å². The first-order chi connectivity index (χ1) is 10.6. The Morgan fingerprint density at radius 2 is 1.65 bits per heavy atom. The number of hydrogen-bond acceptors (Lipinski definition) is 3. The van der Waals surface area contributed by atoms with Gasteiger partial charge in [-0.15, -0.1) is 13.2 Å². The van der Waals surface area contributed by atoms with Crippen LogP contribution in [0.5, 0.6) is 5.75 Å². The fraction of sp³-hybridized carbons (Fsp3) is 0.143. The second kappa shape index (κ2) is 6.07. The van der Waals surface area contributed by atoms with Crippen molar-refractivity contribution >= 4 is 15.7 Å². The van der Waals surface area contributed by atoms with Crippen LogP contribution in [0.1, 0.15) is 5.56 Å². The lowest BCUT2D eigenvalue weighted by atomic mass is 10.2. The molecule has 0 saturated carbocycles.